The van der Waals surface area contributed by atoms with Gasteiger partial charge in [0.1, 0.15) is 0 Å². The number of hydrogen-bond acceptors (Lipinski definition) is 3. The third-order valence-corrected chi connectivity index (χ3v) is 4.54. The van der Waals surface area contributed by atoms with Crippen LogP contribution in [0.1, 0.15) is 47.5 Å². The summed E-state index contributed by atoms with van der Waals surface area (Å²) in [6.45, 7) is 1.72. The van der Waals surface area contributed by atoms with Gasteiger partial charge in [-0.2, -0.15) is 0 Å². The van der Waals surface area contributed by atoms with Crippen LogP contribution in [0.25, 0.3) is 0 Å². The minimum Gasteiger partial charge on any atom is -0.465 e. The van der Waals surface area contributed by atoms with Crippen molar-refractivity contribution in [3.8, 4) is 0 Å². The van der Waals surface area contributed by atoms with E-state index >= 15 is 0 Å². The molecule has 4 heteroatoms. The maximum atomic E-state index is 12.0. The van der Waals surface area contributed by atoms with Crippen LogP contribution in [0.5, 0.6) is 0 Å². The third kappa shape index (κ3) is 3.09. The molecule has 1 aliphatic heterocycles. The Balaban J connectivity index is 1.58. The fourth-order valence-corrected chi connectivity index (χ4v) is 3.03. The zero-order valence-corrected chi connectivity index (χ0v) is 12.4. The van der Waals surface area contributed by atoms with Gasteiger partial charge in [0.15, 0.2) is 0 Å². The number of nitrogens with zero attached hydrogens (tertiary/aromatic N) is 1. The summed E-state index contributed by atoms with van der Waals surface area (Å²) in [5, 5.41) is 0. The van der Waals surface area contributed by atoms with Gasteiger partial charge in [-0.05, 0) is 49.3 Å². The van der Waals surface area contributed by atoms with Crippen molar-refractivity contribution in [2.45, 2.75) is 31.6 Å². The second-order valence-electron chi connectivity index (χ2n) is 5.99. The number of methoxy groups -OCH3 is 1. The Labute approximate surface area is 125 Å². The Morgan fingerprint density at radius 2 is 1.67 bits per heavy atom. The van der Waals surface area contributed by atoms with Crippen LogP contribution in [-0.4, -0.2) is 37.0 Å². The zero-order valence-electron chi connectivity index (χ0n) is 12.4. The van der Waals surface area contributed by atoms with Crippen LogP contribution < -0.4 is 0 Å². The number of carbonyl (C=O) groups is 2. The highest BCUT2D eigenvalue weighted by atomic mass is 16.5. The van der Waals surface area contributed by atoms with E-state index in [4.69, 9.17) is 4.74 Å². The minimum absolute atomic E-state index is 0.300. The molecule has 1 heterocycles. The van der Waals surface area contributed by atoms with E-state index in [9.17, 15) is 9.59 Å². The van der Waals surface area contributed by atoms with E-state index < -0.39 is 0 Å². The van der Waals surface area contributed by atoms with Gasteiger partial charge in [0.2, 0.25) is 5.91 Å². The van der Waals surface area contributed by atoms with Crippen molar-refractivity contribution in [3.63, 3.8) is 0 Å². The molecule has 1 aromatic carbocycles. The lowest BCUT2D eigenvalue weighted by Crippen LogP contribution is -2.38. The summed E-state index contributed by atoms with van der Waals surface area (Å²) in [5.74, 6) is 0.863. The molecule has 0 atom stereocenters. The average molecular weight is 287 g/mol. The topological polar surface area (TPSA) is 46.6 Å². The van der Waals surface area contributed by atoms with Crippen molar-refractivity contribution in [3.05, 3.63) is 35.4 Å². The Hall–Kier alpha value is -1.84. The second kappa shape index (κ2) is 5.88. The standard InChI is InChI=1S/C17H21NO3/c1-21-17(20)15-6-2-12(3-7-15)13-8-10-18(11-9-13)16(19)14-4-5-14/h2-3,6-7,13-14H,4-5,8-11H2,1H3. The first kappa shape index (κ1) is 14.1. The van der Waals surface area contributed by atoms with E-state index in [1.54, 1.807) is 0 Å². The predicted octanol–water partition coefficient (Wildman–Crippen LogP) is 2.59. The fourth-order valence-electron chi connectivity index (χ4n) is 3.03. The maximum Gasteiger partial charge on any atom is 0.337 e. The smallest absolute Gasteiger partial charge is 0.337 e. The molecule has 0 aromatic heterocycles. The molecule has 0 unspecified atom stereocenters. The molecule has 2 aliphatic rings. The number of rotatable bonds is 3. The summed E-state index contributed by atoms with van der Waals surface area (Å²) in [6.07, 6.45) is 4.17. The van der Waals surface area contributed by atoms with Gasteiger partial charge in [-0.1, -0.05) is 12.1 Å². The average Bonchev–Trinajstić information content (AvgIpc) is 3.39. The van der Waals surface area contributed by atoms with Crippen molar-refractivity contribution in [1.82, 2.24) is 4.90 Å². The molecule has 0 bridgehead atoms. The molecule has 0 radical (unpaired) electrons. The first-order chi connectivity index (χ1) is 10.2. The van der Waals surface area contributed by atoms with Crippen molar-refractivity contribution >= 4 is 11.9 Å². The first-order valence-electron chi connectivity index (χ1n) is 7.66. The van der Waals surface area contributed by atoms with E-state index in [1.165, 1.54) is 12.7 Å². The highest BCUT2D eigenvalue weighted by Crippen LogP contribution is 2.34. The Kier molecular flexibility index (Phi) is 3.95. The monoisotopic (exact) mass is 287 g/mol. The number of carbonyl (C=O) groups excluding carboxylic acids is 2. The predicted molar refractivity (Wildman–Crippen MR) is 79.1 cm³/mol. The molecule has 1 aromatic rings. The van der Waals surface area contributed by atoms with Gasteiger partial charge in [0.25, 0.3) is 0 Å². The van der Waals surface area contributed by atoms with Crippen LogP contribution in [0.2, 0.25) is 0 Å². The molecular formula is C17H21NO3. The van der Waals surface area contributed by atoms with Gasteiger partial charge in [-0.25, -0.2) is 4.79 Å². The largest absolute Gasteiger partial charge is 0.465 e. The molecule has 1 saturated carbocycles. The van der Waals surface area contributed by atoms with Crippen LogP contribution in [-0.2, 0) is 9.53 Å². The van der Waals surface area contributed by atoms with Crippen LogP contribution >= 0.6 is 0 Å². The Morgan fingerprint density at radius 1 is 1.05 bits per heavy atom. The Morgan fingerprint density at radius 3 is 2.19 bits per heavy atom. The van der Waals surface area contributed by atoms with E-state index in [2.05, 4.69) is 0 Å². The van der Waals surface area contributed by atoms with Crippen molar-refractivity contribution in [2.75, 3.05) is 20.2 Å². The lowest BCUT2D eigenvalue weighted by atomic mass is 9.89. The van der Waals surface area contributed by atoms with E-state index in [0.717, 1.165) is 38.8 Å². The van der Waals surface area contributed by atoms with Crippen LogP contribution in [0, 0.1) is 5.92 Å². The second-order valence-corrected chi connectivity index (χ2v) is 5.99. The highest BCUT2D eigenvalue weighted by Gasteiger charge is 2.35. The van der Waals surface area contributed by atoms with Crippen molar-refractivity contribution < 1.29 is 14.3 Å². The summed E-state index contributed by atoms with van der Waals surface area (Å²) in [4.78, 5) is 25.5. The molecule has 0 spiro atoms. The normalized spacial score (nSPS) is 19.4. The fraction of sp³-hybridized carbons (Fsp3) is 0.529. The summed E-state index contributed by atoms with van der Waals surface area (Å²) in [6, 6.07) is 7.66. The lowest BCUT2D eigenvalue weighted by molar-refractivity contribution is -0.133. The number of hydrogen-bond donors (Lipinski definition) is 0. The number of esters is 1. The van der Waals surface area contributed by atoms with Crippen molar-refractivity contribution in [2.24, 2.45) is 5.92 Å². The molecule has 1 aliphatic carbocycles. The molecule has 112 valence electrons. The first-order valence-corrected chi connectivity index (χ1v) is 7.66. The SMILES string of the molecule is COC(=O)c1ccc(C2CCN(C(=O)C3CC3)CC2)cc1. The molecule has 1 amide bonds. The number of likely N-dealkylation sites (tertiary alicyclic amines) is 1. The van der Waals surface area contributed by atoms with E-state index in [1.807, 2.05) is 29.2 Å². The third-order valence-electron chi connectivity index (χ3n) is 4.54. The van der Waals surface area contributed by atoms with E-state index in [0.29, 0.717) is 23.3 Å². The number of piperidine rings is 1. The molecule has 0 N–H and O–H groups in total. The van der Waals surface area contributed by atoms with Crippen LogP contribution in [0.15, 0.2) is 24.3 Å². The summed E-state index contributed by atoms with van der Waals surface area (Å²) < 4.78 is 4.71. The number of amides is 1. The lowest BCUT2D eigenvalue weighted by Gasteiger charge is -2.32. The zero-order chi connectivity index (χ0) is 14.8. The van der Waals surface area contributed by atoms with Crippen LogP contribution in [0.3, 0.4) is 0 Å². The van der Waals surface area contributed by atoms with Gasteiger partial charge in [-0.3, -0.25) is 4.79 Å². The Bertz CT molecular complexity index is 525. The van der Waals surface area contributed by atoms with Gasteiger partial charge < -0.3 is 9.64 Å². The quantitative estimate of drug-likeness (QED) is 0.803. The van der Waals surface area contributed by atoms with Gasteiger partial charge >= 0.3 is 5.97 Å². The van der Waals surface area contributed by atoms with Gasteiger partial charge in [-0.15, -0.1) is 0 Å². The molecular weight excluding hydrogens is 266 g/mol. The summed E-state index contributed by atoms with van der Waals surface area (Å²) in [7, 11) is 1.39. The van der Waals surface area contributed by atoms with Crippen LogP contribution in [0.4, 0.5) is 0 Å². The highest BCUT2D eigenvalue weighted by molar-refractivity contribution is 5.89. The molecule has 4 nitrogen and oxygen atoms in total. The molecule has 21 heavy (non-hydrogen) atoms. The summed E-state index contributed by atoms with van der Waals surface area (Å²) in [5.41, 5.74) is 1.84. The summed E-state index contributed by atoms with van der Waals surface area (Å²) >= 11 is 0. The maximum absolute atomic E-state index is 12.0. The number of benzene rings is 1. The van der Waals surface area contributed by atoms with Crippen molar-refractivity contribution in [1.29, 1.82) is 0 Å². The molecule has 1 saturated heterocycles. The minimum atomic E-state index is -0.300. The van der Waals surface area contributed by atoms with E-state index in [-0.39, 0.29) is 5.97 Å². The molecule has 3 rings (SSSR count). The van der Waals surface area contributed by atoms with Gasteiger partial charge in [0.05, 0.1) is 12.7 Å². The van der Waals surface area contributed by atoms with Gasteiger partial charge in [0, 0.05) is 19.0 Å². The number of ether oxygens (including phenoxy) is 1. The molecule has 2 fully saturated rings.